The predicted octanol–water partition coefficient (Wildman–Crippen LogP) is 6.33. The van der Waals surface area contributed by atoms with Crippen LogP contribution >= 0.6 is 15.9 Å². The molecule has 8 rings (SSSR count). The first-order valence-electron chi connectivity index (χ1n) is 15.6. The van der Waals surface area contributed by atoms with Crippen molar-refractivity contribution < 1.29 is 18.3 Å². The number of aromatic nitrogens is 2. The fourth-order valence-corrected chi connectivity index (χ4v) is 9.89. The second-order valence-electron chi connectivity index (χ2n) is 13.3. The molecule has 4 aromatic rings. The first-order valence-corrected chi connectivity index (χ1v) is 17.9. The van der Waals surface area contributed by atoms with Gasteiger partial charge in [0.25, 0.3) is 15.6 Å². The fraction of sp³-hybridized carbons (Fsp3) is 0.343. The molecule has 0 amide bonds. The van der Waals surface area contributed by atoms with E-state index in [1.54, 1.807) is 24.3 Å². The molecule has 4 aliphatic carbocycles. The van der Waals surface area contributed by atoms with Gasteiger partial charge in [0.1, 0.15) is 17.0 Å². The van der Waals surface area contributed by atoms with E-state index in [1.165, 1.54) is 69.4 Å². The summed E-state index contributed by atoms with van der Waals surface area (Å²) in [5.74, 6) is 1.89. The van der Waals surface area contributed by atoms with E-state index >= 15 is 0 Å². The molecule has 0 saturated heterocycles. The number of methoxy groups -OCH3 is 1. The first-order chi connectivity index (χ1) is 22.4. The number of sulfonamides is 1. The molecule has 3 N–H and O–H groups in total. The summed E-state index contributed by atoms with van der Waals surface area (Å²) in [5.41, 5.74) is 1.54. The Hall–Kier alpha value is -4.16. The Morgan fingerprint density at radius 1 is 1.00 bits per heavy atom. The molecule has 1 aromatic heterocycles. The molecule has 0 spiro atoms. The van der Waals surface area contributed by atoms with Gasteiger partial charge in [-0.25, -0.2) is 17.8 Å². The van der Waals surface area contributed by atoms with Gasteiger partial charge in [0.05, 0.1) is 17.7 Å². The van der Waals surface area contributed by atoms with Crippen molar-refractivity contribution in [1.29, 1.82) is 0 Å². The lowest BCUT2D eigenvalue weighted by atomic mass is 9.48. The van der Waals surface area contributed by atoms with Crippen LogP contribution < -0.4 is 20.7 Å². The summed E-state index contributed by atoms with van der Waals surface area (Å²) in [7, 11) is -2.57. The number of nitrogens with one attached hydrogen (secondary N) is 2. The van der Waals surface area contributed by atoms with E-state index in [-0.39, 0.29) is 27.3 Å². The molecule has 1 heterocycles. The zero-order valence-electron chi connectivity index (χ0n) is 26.0. The topological polar surface area (TPSA) is 143 Å². The van der Waals surface area contributed by atoms with Crippen LogP contribution in [0.3, 0.4) is 0 Å². The standard InChI is InChI=1S/C35H35BrN4O6S/c1-20-3-6-25(7-4-20)39-47(44,45)26-8-9-29(31(15-26)46-2)37-19-27-32(41)38-34(43)40(33(27)42)30-10-5-24(14-28(30)36)35-16-21-11-22(17-35)13-23(12-21)18-35/h3-10,14-15,19,21-23,39,42H,11-13,16-18H2,1-2H3,(H,38,41,43). The lowest BCUT2D eigenvalue weighted by Crippen LogP contribution is -2.48. The number of halogens is 1. The average molecular weight is 720 g/mol. The van der Waals surface area contributed by atoms with Gasteiger partial charge < -0.3 is 9.84 Å². The monoisotopic (exact) mass is 718 g/mol. The minimum absolute atomic E-state index is 0.0510. The van der Waals surface area contributed by atoms with Gasteiger partial charge in [-0.1, -0.05) is 23.8 Å². The number of aromatic amines is 1. The van der Waals surface area contributed by atoms with E-state index < -0.39 is 27.2 Å². The molecule has 10 nitrogen and oxygen atoms in total. The van der Waals surface area contributed by atoms with Gasteiger partial charge in [0.2, 0.25) is 5.88 Å². The van der Waals surface area contributed by atoms with Gasteiger partial charge in [-0.05, 0) is 127 Å². The van der Waals surface area contributed by atoms with Crippen LogP contribution in [0.4, 0.5) is 11.4 Å². The smallest absolute Gasteiger partial charge is 0.335 e. The molecule has 0 atom stereocenters. The van der Waals surface area contributed by atoms with Crippen molar-refractivity contribution in [1.82, 2.24) is 9.55 Å². The Morgan fingerprint density at radius 2 is 1.66 bits per heavy atom. The largest absolute Gasteiger partial charge is 0.494 e. The highest BCUT2D eigenvalue weighted by atomic mass is 79.9. The van der Waals surface area contributed by atoms with Gasteiger partial charge in [0, 0.05) is 22.4 Å². The Bertz CT molecular complexity index is 2100. The summed E-state index contributed by atoms with van der Waals surface area (Å²) in [6.07, 6.45) is 8.70. The number of hydrogen-bond donors (Lipinski definition) is 3. The normalized spacial score (nSPS) is 23.3. The van der Waals surface area contributed by atoms with E-state index in [2.05, 4.69) is 36.7 Å². The number of aliphatic imine (C=N–C) groups is 1. The number of rotatable bonds is 8. The third-order valence-electron chi connectivity index (χ3n) is 10.1. The minimum atomic E-state index is -3.94. The molecule has 4 bridgehead atoms. The molecule has 47 heavy (non-hydrogen) atoms. The Morgan fingerprint density at radius 3 is 2.28 bits per heavy atom. The molecule has 4 saturated carbocycles. The Labute approximate surface area is 280 Å². The highest BCUT2D eigenvalue weighted by Gasteiger charge is 2.51. The minimum Gasteiger partial charge on any atom is -0.494 e. The maximum Gasteiger partial charge on any atom is 0.335 e. The van der Waals surface area contributed by atoms with E-state index in [9.17, 15) is 23.1 Å². The van der Waals surface area contributed by atoms with Crippen LogP contribution in [0.1, 0.15) is 55.2 Å². The van der Waals surface area contributed by atoms with Crippen molar-refractivity contribution in [3.05, 3.63) is 103 Å². The van der Waals surface area contributed by atoms with Crippen LogP contribution in [0.5, 0.6) is 11.6 Å². The Balaban J connectivity index is 1.18. The maximum absolute atomic E-state index is 13.0. The SMILES string of the molecule is COc1cc(S(=O)(=O)Nc2ccc(C)cc2)ccc1N=Cc1c(O)n(-c2ccc(C34CC5CC(CC(C5)C3)C4)cc2Br)c(=O)[nH]c1=O. The van der Waals surface area contributed by atoms with Crippen LogP contribution in [-0.2, 0) is 15.4 Å². The summed E-state index contributed by atoms with van der Waals surface area (Å²) in [4.78, 5) is 32.4. The van der Waals surface area contributed by atoms with Crippen molar-refractivity contribution in [2.45, 2.75) is 55.8 Å². The summed E-state index contributed by atoms with van der Waals surface area (Å²) in [5, 5.41) is 11.3. The van der Waals surface area contributed by atoms with Crippen LogP contribution in [0.15, 0.2) is 84.6 Å². The first kappa shape index (κ1) is 31.4. The average Bonchev–Trinajstić information content (AvgIpc) is 3.02. The molecular formula is C35H35BrN4O6S. The molecule has 0 aliphatic heterocycles. The van der Waals surface area contributed by atoms with Gasteiger partial charge in [0.15, 0.2) is 0 Å². The van der Waals surface area contributed by atoms with E-state index in [0.717, 1.165) is 34.1 Å². The van der Waals surface area contributed by atoms with E-state index in [0.29, 0.717) is 15.8 Å². The highest BCUT2D eigenvalue weighted by Crippen LogP contribution is 2.61. The molecule has 3 aromatic carbocycles. The second kappa shape index (κ2) is 11.8. The number of benzene rings is 3. The zero-order valence-corrected chi connectivity index (χ0v) is 28.4. The summed E-state index contributed by atoms with van der Waals surface area (Å²) < 4.78 is 35.7. The van der Waals surface area contributed by atoms with Crippen LogP contribution in [-0.4, -0.2) is 36.4 Å². The van der Waals surface area contributed by atoms with Crippen LogP contribution in [0, 0.1) is 24.7 Å². The lowest BCUT2D eigenvalue weighted by Gasteiger charge is -2.57. The van der Waals surface area contributed by atoms with Gasteiger partial charge in [-0.3, -0.25) is 19.5 Å². The van der Waals surface area contributed by atoms with Crippen molar-refractivity contribution >= 4 is 43.5 Å². The Kier molecular flexibility index (Phi) is 7.91. The van der Waals surface area contributed by atoms with Crippen LogP contribution in [0.2, 0.25) is 0 Å². The number of aryl methyl sites for hydroxylation is 1. The number of H-pyrrole nitrogens is 1. The van der Waals surface area contributed by atoms with Crippen molar-refractivity contribution in [3.63, 3.8) is 0 Å². The molecule has 12 heteroatoms. The van der Waals surface area contributed by atoms with Gasteiger partial charge in [-0.2, -0.15) is 0 Å². The molecule has 4 aliphatic rings. The van der Waals surface area contributed by atoms with Gasteiger partial charge >= 0.3 is 5.69 Å². The number of nitrogens with zero attached hydrogens (tertiary/aromatic N) is 2. The lowest BCUT2D eigenvalue weighted by molar-refractivity contribution is -0.00521. The second-order valence-corrected chi connectivity index (χ2v) is 15.8. The van der Waals surface area contributed by atoms with Gasteiger partial charge in [-0.15, -0.1) is 0 Å². The molecular weight excluding hydrogens is 684 g/mol. The van der Waals surface area contributed by atoms with E-state index in [1.807, 2.05) is 19.1 Å². The highest BCUT2D eigenvalue weighted by molar-refractivity contribution is 9.10. The quantitative estimate of drug-likeness (QED) is 0.182. The molecule has 0 unspecified atom stereocenters. The maximum atomic E-state index is 13.0. The zero-order chi connectivity index (χ0) is 33.1. The van der Waals surface area contributed by atoms with Crippen molar-refractivity contribution in [2.75, 3.05) is 11.8 Å². The third-order valence-corrected chi connectivity index (χ3v) is 12.1. The molecule has 244 valence electrons. The fourth-order valence-electron chi connectivity index (χ4n) is 8.26. The number of anilines is 1. The van der Waals surface area contributed by atoms with Crippen LogP contribution in [0.25, 0.3) is 5.69 Å². The molecule has 4 fully saturated rings. The number of aromatic hydroxyl groups is 1. The summed E-state index contributed by atoms with van der Waals surface area (Å²) >= 11 is 3.65. The molecule has 0 radical (unpaired) electrons. The number of ether oxygens (including phenoxy) is 1. The van der Waals surface area contributed by atoms with Crippen molar-refractivity contribution in [3.8, 4) is 17.3 Å². The van der Waals surface area contributed by atoms with Crippen molar-refractivity contribution in [2.24, 2.45) is 22.7 Å². The van der Waals surface area contributed by atoms with E-state index in [4.69, 9.17) is 4.74 Å². The summed E-state index contributed by atoms with van der Waals surface area (Å²) in [6, 6.07) is 17.0. The predicted molar refractivity (Wildman–Crippen MR) is 184 cm³/mol. The number of hydrogen-bond acceptors (Lipinski definition) is 7. The summed E-state index contributed by atoms with van der Waals surface area (Å²) in [6.45, 7) is 1.91. The third kappa shape index (κ3) is 5.82.